The second kappa shape index (κ2) is 2.61. The molecule has 3 aliphatic heterocycles. The van der Waals surface area contributed by atoms with Crippen molar-refractivity contribution < 1.29 is 24.0 Å². The highest BCUT2D eigenvalue weighted by Gasteiger charge is 2.36. The fraction of sp³-hybridized carbons (Fsp3) is 0.500. The summed E-state index contributed by atoms with van der Waals surface area (Å²) >= 11 is 0. The first-order valence-corrected chi connectivity index (χ1v) is 3.68. The predicted molar refractivity (Wildman–Crippen MR) is 35.8 cm³/mol. The summed E-state index contributed by atoms with van der Waals surface area (Å²) in [5.41, 5.74) is 0. The summed E-state index contributed by atoms with van der Waals surface area (Å²) in [7, 11) is 0. The maximum Gasteiger partial charge on any atom is 0.441 e. The Hall–Kier alpha value is -1.79. The van der Waals surface area contributed by atoms with Gasteiger partial charge in [-0.1, -0.05) is 0 Å². The largest absolute Gasteiger partial charge is 0.441 e. The van der Waals surface area contributed by atoms with Gasteiger partial charge in [0.05, 0.1) is 6.54 Å². The molecule has 0 aromatic rings. The smallest absolute Gasteiger partial charge is 0.433 e. The van der Waals surface area contributed by atoms with Crippen molar-refractivity contribution >= 4 is 18.0 Å². The van der Waals surface area contributed by atoms with E-state index in [1.54, 1.807) is 0 Å². The van der Waals surface area contributed by atoms with E-state index in [4.69, 9.17) is 0 Å². The van der Waals surface area contributed by atoms with Crippen molar-refractivity contribution in [2.45, 2.75) is 12.6 Å². The zero-order chi connectivity index (χ0) is 9.42. The third kappa shape index (κ3) is 1.28. The molecule has 13 heavy (non-hydrogen) atoms. The van der Waals surface area contributed by atoms with Gasteiger partial charge in [0, 0.05) is 6.42 Å². The van der Waals surface area contributed by atoms with E-state index in [0.717, 1.165) is 5.06 Å². The van der Waals surface area contributed by atoms with Crippen LogP contribution in [0.25, 0.3) is 0 Å². The lowest BCUT2D eigenvalue weighted by molar-refractivity contribution is -0.205. The molecule has 1 N–H and O–H groups in total. The number of urea groups is 1. The van der Waals surface area contributed by atoms with Gasteiger partial charge in [0.25, 0.3) is 0 Å². The molecule has 70 valence electrons. The molecular weight excluding hydrogens is 180 g/mol. The van der Waals surface area contributed by atoms with E-state index in [0.29, 0.717) is 6.42 Å². The normalized spacial score (nSPS) is 27.2. The lowest BCUT2D eigenvalue weighted by Gasteiger charge is -2.32. The number of amides is 2. The highest BCUT2D eigenvalue weighted by molar-refractivity contribution is 6.29. The first-order valence-electron chi connectivity index (χ1n) is 3.68. The number of nitrogens with zero attached hydrogens (tertiary/aromatic N) is 1. The second-order valence-corrected chi connectivity index (χ2v) is 2.61. The van der Waals surface area contributed by atoms with Gasteiger partial charge in [-0.15, -0.1) is 0 Å². The Morgan fingerprint density at radius 2 is 2.08 bits per heavy atom. The van der Waals surface area contributed by atoms with Crippen LogP contribution in [0.5, 0.6) is 0 Å². The number of fused-ring (bicyclic) bond motifs is 5. The van der Waals surface area contributed by atoms with Crippen molar-refractivity contribution in [2.75, 3.05) is 6.54 Å². The minimum absolute atomic E-state index is 0.232. The Bertz CT molecular complexity index is 289. The summed E-state index contributed by atoms with van der Waals surface area (Å²) in [6.07, 6.45) is -0.311. The van der Waals surface area contributed by atoms with Crippen molar-refractivity contribution in [3.8, 4) is 0 Å². The fourth-order valence-electron chi connectivity index (χ4n) is 1.11. The summed E-state index contributed by atoms with van der Waals surface area (Å²) < 4.78 is 4.59. The van der Waals surface area contributed by atoms with Crippen molar-refractivity contribution in [2.24, 2.45) is 0 Å². The van der Waals surface area contributed by atoms with Gasteiger partial charge < -0.3 is 9.57 Å². The van der Waals surface area contributed by atoms with Crippen LogP contribution in [0.15, 0.2) is 0 Å². The van der Waals surface area contributed by atoms with Gasteiger partial charge in [-0.05, 0) is 0 Å². The SMILES string of the molecule is O=C1OC2CCN(OC1=O)C(=O)N2. The molecule has 1 unspecified atom stereocenters. The van der Waals surface area contributed by atoms with Crippen LogP contribution in [0.1, 0.15) is 6.42 Å². The van der Waals surface area contributed by atoms with Crippen LogP contribution in [0.4, 0.5) is 4.79 Å². The molecule has 3 rings (SSSR count). The molecule has 2 bridgehead atoms. The van der Waals surface area contributed by atoms with Crippen LogP contribution >= 0.6 is 0 Å². The maximum absolute atomic E-state index is 11.0. The number of esters is 1. The van der Waals surface area contributed by atoms with E-state index >= 15 is 0 Å². The quantitative estimate of drug-likeness (QED) is 0.377. The van der Waals surface area contributed by atoms with Crippen LogP contribution in [-0.2, 0) is 19.2 Å². The minimum Gasteiger partial charge on any atom is -0.433 e. The number of hydrogen-bond donors (Lipinski definition) is 1. The van der Waals surface area contributed by atoms with Gasteiger partial charge in [0.15, 0.2) is 6.23 Å². The number of hydrogen-bond acceptors (Lipinski definition) is 5. The van der Waals surface area contributed by atoms with E-state index < -0.39 is 24.2 Å². The van der Waals surface area contributed by atoms with Crippen LogP contribution in [-0.4, -0.2) is 35.8 Å². The molecular formula is C6H6N2O5. The molecule has 7 nitrogen and oxygen atoms in total. The molecule has 0 spiro atoms. The zero-order valence-electron chi connectivity index (χ0n) is 6.48. The highest BCUT2D eigenvalue weighted by atomic mass is 16.7. The predicted octanol–water partition coefficient (Wildman–Crippen LogP) is -1.26. The van der Waals surface area contributed by atoms with Crippen LogP contribution in [0.3, 0.4) is 0 Å². The van der Waals surface area contributed by atoms with Crippen molar-refractivity contribution in [1.82, 2.24) is 10.4 Å². The summed E-state index contributed by atoms with van der Waals surface area (Å²) in [4.78, 5) is 37.0. The van der Waals surface area contributed by atoms with Gasteiger partial charge in [-0.2, -0.15) is 5.06 Å². The van der Waals surface area contributed by atoms with Gasteiger partial charge >= 0.3 is 18.0 Å². The maximum atomic E-state index is 11.0. The molecule has 3 fully saturated rings. The second-order valence-electron chi connectivity index (χ2n) is 2.61. The number of hydroxylamine groups is 2. The minimum atomic E-state index is -1.17. The summed E-state index contributed by atoms with van der Waals surface area (Å²) in [5.74, 6) is -2.26. The molecule has 0 aromatic heterocycles. The third-order valence-electron chi connectivity index (χ3n) is 1.71. The molecule has 0 aromatic carbocycles. The Kier molecular flexibility index (Phi) is 1.57. The van der Waals surface area contributed by atoms with E-state index in [2.05, 4.69) is 14.9 Å². The van der Waals surface area contributed by atoms with E-state index in [9.17, 15) is 14.4 Å². The first-order chi connectivity index (χ1) is 6.16. The standard InChI is InChI=1S/C6H6N2O5/c9-4-5(10)13-8-2-1-3(12-4)7-6(8)11/h3H,1-2H2,(H,7,11). The lowest BCUT2D eigenvalue weighted by Crippen LogP contribution is -2.57. The van der Waals surface area contributed by atoms with Crippen LogP contribution in [0, 0.1) is 0 Å². The lowest BCUT2D eigenvalue weighted by atomic mass is 10.3. The van der Waals surface area contributed by atoms with E-state index in [1.165, 1.54) is 0 Å². The number of nitrogens with one attached hydrogen (secondary N) is 1. The van der Waals surface area contributed by atoms with E-state index in [1.807, 2.05) is 0 Å². The number of ether oxygens (including phenoxy) is 1. The molecule has 2 amide bonds. The molecule has 0 saturated carbocycles. The Labute approximate surface area is 72.5 Å². The van der Waals surface area contributed by atoms with Crippen molar-refractivity contribution in [3.05, 3.63) is 0 Å². The average Bonchev–Trinajstić information content (AvgIpc) is 2.07. The molecule has 3 aliphatic rings. The highest BCUT2D eigenvalue weighted by Crippen LogP contribution is 2.11. The zero-order valence-corrected chi connectivity index (χ0v) is 6.48. The van der Waals surface area contributed by atoms with Crippen LogP contribution < -0.4 is 5.32 Å². The van der Waals surface area contributed by atoms with Crippen molar-refractivity contribution in [1.29, 1.82) is 0 Å². The number of carbonyl (C=O) groups is 3. The summed E-state index contributed by atoms with van der Waals surface area (Å²) in [6, 6.07) is -0.572. The number of carbonyl (C=O) groups excluding carboxylic acids is 3. The Morgan fingerprint density at radius 1 is 1.31 bits per heavy atom. The van der Waals surface area contributed by atoms with Gasteiger partial charge in [0.2, 0.25) is 0 Å². The fourth-order valence-corrected chi connectivity index (χ4v) is 1.11. The van der Waals surface area contributed by atoms with Gasteiger partial charge in [0.1, 0.15) is 0 Å². The van der Waals surface area contributed by atoms with E-state index in [-0.39, 0.29) is 6.54 Å². The van der Waals surface area contributed by atoms with Gasteiger partial charge in [-0.25, -0.2) is 14.4 Å². The molecule has 0 aliphatic carbocycles. The first kappa shape index (κ1) is 7.84. The monoisotopic (exact) mass is 186 g/mol. The molecule has 3 heterocycles. The molecule has 3 saturated heterocycles. The van der Waals surface area contributed by atoms with Crippen LogP contribution in [0.2, 0.25) is 0 Å². The third-order valence-corrected chi connectivity index (χ3v) is 1.71. The average molecular weight is 186 g/mol. The molecule has 0 radical (unpaired) electrons. The summed E-state index contributed by atoms with van der Waals surface area (Å²) in [6.45, 7) is 0.232. The van der Waals surface area contributed by atoms with Gasteiger partial charge in [-0.3, -0.25) is 5.32 Å². The topological polar surface area (TPSA) is 84.9 Å². The Balaban J connectivity index is 2.22. The molecule has 1 atom stereocenters. The Morgan fingerprint density at radius 3 is 2.77 bits per heavy atom. The number of rotatable bonds is 0. The summed E-state index contributed by atoms with van der Waals surface area (Å²) in [5, 5.41) is 3.14. The van der Waals surface area contributed by atoms with Crippen molar-refractivity contribution in [3.63, 3.8) is 0 Å². The molecule has 7 heteroatoms.